The molecule has 6 heteroatoms. The number of hydrogen-bond donors (Lipinski definition) is 2. The normalized spacial score (nSPS) is 10.0. The molecule has 0 atom stereocenters. The summed E-state index contributed by atoms with van der Waals surface area (Å²) in [6.45, 7) is 0. The predicted octanol–water partition coefficient (Wildman–Crippen LogP) is 3.19. The van der Waals surface area contributed by atoms with Crippen molar-refractivity contribution in [2.24, 2.45) is 0 Å². The standard InChI is InChI=1S/C15H13FN2O3/c1-18(13-9-5-3-7-11(13)16)15(21)17-12-8-4-2-6-10(12)14(19)20/h2-9H,1H3,(H,17,21)(H,19,20). The molecule has 0 fully saturated rings. The fraction of sp³-hybridized carbons (Fsp3) is 0.0667. The van der Waals surface area contributed by atoms with Gasteiger partial charge in [0.1, 0.15) is 5.82 Å². The molecule has 108 valence electrons. The van der Waals surface area contributed by atoms with E-state index in [1.54, 1.807) is 18.2 Å². The fourth-order valence-corrected chi connectivity index (χ4v) is 1.81. The van der Waals surface area contributed by atoms with Crippen molar-refractivity contribution in [3.05, 3.63) is 59.9 Å². The maximum Gasteiger partial charge on any atom is 0.337 e. The number of nitrogens with zero attached hydrogens (tertiary/aromatic N) is 1. The molecule has 0 aromatic heterocycles. The van der Waals surface area contributed by atoms with Crippen LogP contribution in [-0.2, 0) is 0 Å². The van der Waals surface area contributed by atoms with E-state index in [1.807, 2.05) is 0 Å². The van der Waals surface area contributed by atoms with Gasteiger partial charge in [0, 0.05) is 7.05 Å². The SMILES string of the molecule is CN(C(=O)Nc1ccccc1C(=O)O)c1ccccc1F. The van der Waals surface area contributed by atoms with Crippen LogP contribution in [0.5, 0.6) is 0 Å². The number of anilines is 2. The Bertz CT molecular complexity index is 688. The monoisotopic (exact) mass is 288 g/mol. The Morgan fingerprint density at radius 1 is 1.10 bits per heavy atom. The highest BCUT2D eigenvalue weighted by atomic mass is 19.1. The molecule has 0 saturated carbocycles. The van der Waals surface area contributed by atoms with Crippen LogP contribution in [0.4, 0.5) is 20.6 Å². The second-order valence-corrected chi connectivity index (χ2v) is 4.29. The minimum atomic E-state index is -1.15. The fourth-order valence-electron chi connectivity index (χ4n) is 1.81. The number of urea groups is 1. The number of halogens is 1. The number of para-hydroxylation sites is 2. The summed E-state index contributed by atoms with van der Waals surface area (Å²) >= 11 is 0. The highest BCUT2D eigenvalue weighted by Gasteiger charge is 2.17. The number of hydrogen-bond acceptors (Lipinski definition) is 2. The topological polar surface area (TPSA) is 69.6 Å². The highest BCUT2D eigenvalue weighted by molar-refractivity contribution is 6.05. The maximum absolute atomic E-state index is 13.6. The van der Waals surface area contributed by atoms with Gasteiger partial charge in [0.2, 0.25) is 0 Å². The second-order valence-electron chi connectivity index (χ2n) is 4.29. The number of carboxylic acids is 1. The van der Waals surface area contributed by atoms with Gasteiger partial charge in [0.25, 0.3) is 0 Å². The molecule has 0 bridgehead atoms. The third-order valence-corrected chi connectivity index (χ3v) is 2.92. The molecule has 0 aliphatic heterocycles. The second kappa shape index (κ2) is 6.04. The van der Waals surface area contributed by atoms with Gasteiger partial charge in [-0.3, -0.25) is 4.90 Å². The first-order chi connectivity index (χ1) is 10.0. The number of carboxylic acid groups (broad SMARTS) is 1. The van der Waals surface area contributed by atoms with Gasteiger partial charge < -0.3 is 10.4 Å². The lowest BCUT2D eigenvalue weighted by Crippen LogP contribution is -2.32. The van der Waals surface area contributed by atoms with Gasteiger partial charge in [0.15, 0.2) is 0 Å². The summed E-state index contributed by atoms with van der Waals surface area (Å²) in [6.07, 6.45) is 0. The van der Waals surface area contributed by atoms with E-state index in [9.17, 15) is 14.0 Å². The molecular weight excluding hydrogens is 275 g/mol. The molecule has 21 heavy (non-hydrogen) atoms. The molecular formula is C15H13FN2O3. The molecule has 0 radical (unpaired) electrons. The van der Waals surface area contributed by atoms with Crippen molar-refractivity contribution in [2.45, 2.75) is 0 Å². The van der Waals surface area contributed by atoms with E-state index in [4.69, 9.17) is 5.11 Å². The van der Waals surface area contributed by atoms with E-state index < -0.39 is 17.8 Å². The van der Waals surface area contributed by atoms with Crippen LogP contribution in [0.2, 0.25) is 0 Å². The molecule has 0 spiro atoms. The lowest BCUT2D eigenvalue weighted by atomic mass is 10.2. The number of nitrogens with one attached hydrogen (secondary N) is 1. The first kappa shape index (κ1) is 14.5. The van der Waals surface area contributed by atoms with Crippen molar-refractivity contribution in [3.8, 4) is 0 Å². The van der Waals surface area contributed by atoms with Crippen LogP contribution in [0.1, 0.15) is 10.4 Å². The van der Waals surface area contributed by atoms with Crippen molar-refractivity contribution in [3.63, 3.8) is 0 Å². The van der Waals surface area contributed by atoms with Crippen LogP contribution < -0.4 is 10.2 Å². The molecule has 0 aliphatic carbocycles. The van der Waals surface area contributed by atoms with E-state index in [2.05, 4.69) is 5.32 Å². The lowest BCUT2D eigenvalue weighted by Gasteiger charge is -2.19. The zero-order valence-electron chi connectivity index (χ0n) is 11.2. The van der Waals surface area contributed by atoms with E-state index in [0.717, 1.165) is 4.90 Å². The van der Waals surface area contributed by atoms with Crippen LogP contribution in [0.25, 0.3) is 0 Å². The summed E-state index contributed by atoms with van der Waals surface area (Å²) in [7, 11) is 1.40. The molecule has 2 aromatic carbocycles. The van der Waals surface area contributed by atoms with Crippen molar-refractivity contribution < 1.29 is 19.1 Å². The number of rotatable bonds is 3. The average Bonchev–Trinajstić information content (AvgIpc) is 2.47. The Morgan fingerprint density at radius 2 is 1.71 bits per heavy atom. The number of carbonyl (C=O) groups is 2. The predicted molar refractivity (Wildman–Crippen MR) is 77.2 cm³/mol. The Labute approximate surface area is 120 Å². The smallest absolute Gasteiger partial charge is 0.337 e. The Morgan fingerprint density at radius 3 is 2.38 bits per heavy atom. The Hall–Kier alpha value is -2.89. The summed E-state index contributed by atoms with van der Waals surface area (Å²) in [5.41, 5.74) is 0.216. The number of amides is 2. The van der Waals surface area contributed by atoms with Gasteiger partial charge in [-0.05, 0) is 24.3 Å². The molecule has 0 saturated heterocycles. The minimum absolute atomic E-state index is 0.0345. The Kier molecular flexibility index (Phi) is 4.18. The molecule has 0 unspecified atom stereocenters. The molecule has 2 rings (SSSR count). The lowest BCUT2D eigenvalue weighted by molar-refractivity contribution is 0.0698. The van der Waals surface area contributed by atoms with Crippen molar-refractivity contribution in [1.29, 1.82) is 0 Å². The third kappa shape index (κ3) is 3.17. The van der Waals surface area contributed by atoms with Gasteiger partial charge in [-0.2, -0.15) is 0 Å². The summed E-state index contributed by atoms with van der Waals surface area (Å²) in [6, 6.07) is 11.2. The van der Waals surface area contributed by atoms with Gasteiger partial charge >= 0.3 is 12.0 Å². The molecule has 2 N–H and O–H groups in total. The van der Waals surface area contributed by atoms with Crippen LogP contribution in [0.3, 0.4) is 0 Å². The number of aromatic carboxylic acids is 1. The van der Waals surface area contributed by atoms with Gasteiger partial charge in [-0.25, -0.2) is 14.0 Å². The van der Waals surface area contributed by atoms with Gasteiger partial charge in [0.05, 0.1) is 16.9 Å². The average molecular weight is 288 g/mol. The summed E-state index contributed by atoms with van der Waals surface area (Å²) < 4.78 is 13.6. The summed E-state index contributed by atoms with van der Waals surface area (Å²) in [5, 5.41) is 11.5. The number of benzene rings is 2. The molecule has 2 amide bonds. The zero-order valence-corrected chi connectivity index (χ0v) is 11.2. The van der Waals surface area contributed by atoms with Crippen molar-refractivity contribution in [2.75, 3.05) is 17.3 Å². The van der Waals surface area contributed by atoms with E-state index in [-0.39, 0.29) is 16.9 Å². The number of carbonyl (C=O) groups excluding carboxylic acids is 1. The highest BCUT2D eigenvalue weighted by Crippen LogP contribution is 2.20. The maximum atomic E-state index is 13.6. The molecule has 0 aliphatic rings. The Balaban J connectivity index is 2.23. The van der Waals surface area contributed by atoms with Crippen LogP contribution >= 0.6 is 0 Å². The molecule has 2 aromatic rings. The van der Waals surface area contributed by atoms with Crippen molar-refractivity contribution in [1.82, 2.24) is 0 Å². The molecule has 5 nitrogen and oxygen atoms in total. The van der Waals surface area contributed by atoms with Gasteiger partial charge in [-0.1, -0.05) is 24.3 Å². The van der Waals surface area contributed by atoms with Crippen LogP contribution in [0.15, 0.2) is 48.5 Å². The van der Waals surface area contributed by atoms with E-state index in [0.29, 0.717) is 0 Å². The van der Waals surface area contributed by atoms with E-state index in [1.165, 1.54) is 37.4 Å². The molecule has 0 heterocycles. The first-order valence-corrected chi connectivity index (χ1v) is 6.12. The van der Waals surface area contributed by atoms with Crippen molar-refractivity contribution >= 4 is 23.4 Å². The zero-order chi connectivity index (χ0) is 15.4. The summed E-state index contributed by atoms with van der Waals surface area (Å²) in [5.74, 6) is -1.69. The van der Waals surface area contributed by atoms with Crippen LogP contribution in [0, 0.1) is 5.82 Å². The third-order valence-electron chi connectivity index (χ3n) is 2.92. The minimum Gasteiger partial charge on any atom is -0.478 e. The van der Waals surface area contributed by atoms with Gasteiger partial charge in [-0.15, -0.1) is 0 Å². The van der Waals surface area contributed by atoms with E-state index >= 15 is 0 Å². The van der Waals surface area contributed by atoms with Crippen LogP contribution in [-0.4, -0.2) is 24.2 Å². The first-order valence-electron chi connectivity index (χ1n) is 6.12. The summed E-state index contributed by atoms with van der Waals surface area (Å²) in [4.78, 5) is 24.2. The quantitative estimate of drug-likeness (QED) is 0.911. The largest absolute Gasteiger partial charge is 0.478 e.